The van der Waals surface area contributed by atoms with Gasteiger partial charge in [0.2, 0.25) is 0 Å². The van der Waals surface area contributed by atoms with E-state index in [1.165, 1.54) is 0 Å². The van der Waals surface area contributed by atoms with Gasteiger partial charge in [-0.05, 0) is 76.7 Å². The largest absolute Gasteiger partial charge is 0.368 e. The molecule has 0 spiro atoms. The van der Waals surface area contributed by atoms with Crippen LogP contribution < -0.4 is 10.2 Å². The molecular weight excluding hydrogens is 544 g/mol. The Morgan fingerprint density at radius 1 is 0.903 bits per heavy atom. The second-order valence-corrected chi connectivity index (χ2v) is 9.54. The molecule has 0 unspecified atom stereocenters. The lowest BCUT2D eigenvalue weighted by molar-refractivity contribution is 0.102. The predicted molar refractivity (Wildman–Crippen MR) is 138 cm³/mol. The minimum absolute atomic E-state index is 0.145. The average molecular weight is 566 g/mol. The third kappa shape index (κ3) is 5.71. The van der Waals surface area contributed by atoms with Crippen LogP contribution in [0.1, 0.15) is 15.9 Å². The van der Waals surface area contributed by atoms with Gasteiger partial charge in [0.05, 0.1) is 10.7 Å². The van der Waals surface area contributed by atoms with E-state index in [1.54, 1.807) is 0 Å². The summed E-state index contributed by atoms with van der Waals surface area (Å²) in [5, 5.41) is 4.38. The van der Waals surface area contributed by atoms with Gasteiger partial charge >= 0.3 is 0 Å². The molecule has 1 fully saturated rings. The van der Waals surface area contributed by atoms with Gasteiger partial charge in [-0.2, -0.15) is 0 Å². The zero-order valence-electron chi connectivity index (χ0n) is 16.8. The molecule has 1 N–H and O–H groups in total. The van der Waals surface area contributed by atoms with Crippen molar-refractivity contribution in [1.29, 1.82) is 0 Å². The molecule has 0 saturated carbocycles. The van der Waals surface area contributed by atoms with E-state index in [2.05, 4.69) is 43.8 Å². The number of anilines is 2. The van der Waals surface area contributed by atoms with E-state index in [1.807, 2.05) is 60.7 Å². The Morgan fingerprint density at radius 2 is 1.61 bits per heavy atom. The molecule has 3 aromatic carbocycles. The van der Waals surface area contributed by atoms with Crippen LogP contribution in [0, 0.1) is 3.57 Å². The maximum Gasteiger partial charge on any atom is 0.255 e. The maximum absolute atomic E-state index is 12.5. The van der Waals surface area contributed by atoms with E-state index < -0.39 is 0 Å². The number of amides is 1. The Labute approximate surface area is 206 Å². The number of piperazine rings is 1. The van der Waals surface area contributed by atoms with Crippen molar-refractivity contribution < 1.29 is 4.79 Å². The fraction of sp³-hybridized carbons (Fsp3) is 0.208. The van der Waals surface area contributed by atoms with Crippen molar-refractivity contribution in [2.75, 3.05) is 36.4 Å². The molecule has 1 aliphatic heterocycles. The summed E-state index contributed by atoms with van der Waals surface area (Å²) in [4.78, 5) is 17.1. The van der Waals surface area contributed by atoms with Crippen LogP contribution >= 0.6 is 45.8 Å². The summed E-state index contributed by atoms with van der Waals surface area (Å²) in [5.74, 6) is -0.145. The van der Waals surface area contributed by atoms with Gasteiger partial charge in [-0.15, -0.1) is 0 Å². The van der Waals surface area contributed by atoms with Crippen molar-refractivity contribution >= 4 is 63.1 Å². The summed E-state index contributed by atoms with van der Waals surface area (Å²) in [7, 11) is 0. The highest BCUT2D eigenvalue weighted by molar-refractivity contribution is 14.1. The molecule has 0 bridgehead atoms. The lowest BCUT2D eigenvalue weighted by atomic mass is 10.1. The zero-order valence-corrected chi connectivity index (χ0v) is 20.5. The number of halogens is 3. The van der Waals surface area contributed by atoms with Crippen molar-refractivity contribution in [3.8, 4) is 0 Å². The first kappa shape index (κ1) is 22.4. The van der Waals surface area contributed by atoms with E-state index in [-0.39, 0.29) is 5.91 Å². The molecular formula is C24H22Cl2IN3O. The van der Waals surface area contributed by atoms with E-state index in [0.717, 1.165) is 52.6 Å². The minimum Gasteiger partial charge on any atom is -0.368 e. The Balaban J connectivity index is 1.36. The molecule has 1 saturated heterocycles. The molecule has 0 radical (unpaired) electrons. The highest BCUT2D eigenvalue weighted by Crippen LogP contribution is 2.30. The summed E-state index contributed by atoms with van der Waals surface area (Å²) in [6.07, 6.45) is 0. The Kier molecular flexibility index (Phi) is 7.38. The van der Waals surface area contributed by atoms with Gasteiger partial charge in [-0.25, -0.2) is 0 Å². The summed E-state index contributed by atoms with van der Waals surface area (Å²) in [6.45, 7) is 4.50. The SMILES string of the molecule is O=C(Nc1ccc(N2CCN(Cc3ccccc3Cl)CC2)c(Cl)c1)c1ccc(I)cc1. The molecule has 160 valence electrons. The van der Waals surface area contributed by atoms with E-state index >= 15 is 0 Å². The lowest BCUT2D eigenvalue weighted by Crippen LogP contribution is -2.46. The van der Waals surface area contributed by atoms with Gasteiger partial charge in [-0.1, -0.05) is 41.4 Å². The van der Waals surface area contributed by atoms with E-state index in [4.69, 9.17) is 23.2 Å². The number of nitrogens with one attached hydrogen (secondary N) is 1. The Hall–Kier alpha value is -1.80. The molecule has 1 amide bonds. The third-order valence-electron chi connectivity index (χ3n) is 5.38. The van der Waals surface area contributed by atoms with Gasteiger partial charge in [-0.3, -0.25) is 9.69 Å². The number of benzene rings is 3. The van der Waals surface area contributed by atoms with Crippen molar-refractivity contribution in [2.24, 2.45) is 0 Å². The second kappa shape index (κ2) is 10.2. The van der Waals surface area contributed by atoms with Gasteiger partial charge in [0.25, 0.3) is 5.91 Å². The minimum atomic E-state index is -0.145. The third-order valence-corrected chi connectivity index (χ3v) is 6.77. The molecule has 0 aliphatic carbocycles. The van der Waals surface area contributed by atoms with Crippen LogP contribution in [0.3, 0.4) is 0 Å². The first-order valence-corrected chi connectivity index (χ1v) is 11.9. The topological polar surface area (TPSA) is 35.6 Å². The van der Waals surface area contributed by atoms with Crippen molar-refractivity contribution in [3.63, 3.8) is 0 Å². The molecule has 4 rings (SSSR count). The van der Waals surface area contributed by atoms with Crippen molar-refractivity contribution in [2.45, 2.75) is 6.54 Å². The van der Waals surface area contributed by atoms with Crippen LogP contribution in [0.5, 0.6) is 0 Å². The molecule has 3 aromatic rings. The number of hydrogen-bond acceptors (Lipinski definition) is 3. The average Bonchev–Trinajstić information content (AvgIpc) is 2.77. The van der Waals surface area contributed by atoms with Gasteiger partial charge < -0.3 is 10.2 Å². The standard InChI is InChI=1S/C24H22Cl2IN3O/c25-21-4-2-1-3-18(21)16-29-11-13-30(14-12-29)23-10-9-20(15-22(23)26)28-24(31)17-5-7-19(27)8-6-17/h1-10,15H,11-14,16H2,(H,28,31). The van der Waals surface area contributed by atoms with Gasteiger partial charge in [0.1, 0.15) is 0 Å². The van der Waals surface area contributed by atoms with Crippen LogP contribution in [0.25, 0.3) is 0 Å². The Bertz CT molecular complexity index is 1070. The van der Waals surface area contributed by atoms with E-state index in [9.17, 15) is 4.79 Å². The number of carbonyl (C=O) groups excluding carboxylic acids is 1. The highest BCUT2D eigenvalue weighted by atomic mass is 127. The number of rotatable bonds is 5. The Morgan fingerprint density at radius 3 is 2.29 bits per heavy atom. The first-order chi connectivity index (χ1) is 15.0. The normalized spacial score (nSPS) is 14.5. The van der Waals surface area contributed by atoms with Crippen molar-refractivity contribution in [3.05, 3.63) is 91.5 Å². The van der Waals surface area contributed by atoms with Crippen molar-refractivity contribution in [1.82, 2.24) is 4.90 Å². The summed E-state index contributed by atoms with van der Waals surface area (Å²) in [6, 6.07) is 21.2. The zero-order chi connectivity index (χ0) is 21.8. The summed E-state index contributed by atoms with van der Waals surface area (Å²) in [5.41, 5.74) is 3.46. The molecule has 0 aromatic heterocycles. The second-order valence-electron chi connectivity index (χ2n) is 7.48. The smallest absolute Gasteiger partial charge is 0.255 e. The fourth-order valence-electron chi connectivity index (χ4n) is 3.66. The number of hydrogen-bond donors (Lipinski definition) is 1. The monoisotopic (exact) mass is 565 g/mol. The highest BCUT2D eigenvalue weighted by Gasteiger charge is 2.20. The van der Waals surface area contributed by atoms with E-state index in [0.29, 0.717) is 16.3 Å². The maximum atomic E-state index is 12.5. The molecule has 7 heteroatoms. The molecule has 0 atom stereocenters. The number of carbonyl (C=O) groups is 1. The number of nitrogens with zero attached hydrogens (tertiary/aromatic N) is 2. The molecule has 1 heterocycles. The molecule has 31 heavy (non-hydrogen) atoms. The molecule has 4 nitrogen and oxygen atoms in total. The predicted octanol–water partition coefficient (Wildman–Crippen LogP) is 6.17. The summed E-state index contributed by atoms with van der Waals surface area (Å²) < 4.78 is 1.09. The first-order valence-electron chi connectivity index (χ1n) is 10.1. The lowest BCUT2D eigenvalue weighted by Gasteiger charge is -2.36. The van der Waals surface area contributed by atoms with Gasteiger partial charge in [0, 0.05) is 52.6 Å². The van der Waals surface area contributed by atoms with Crippen LogP contribution in [0.4, 0.5) is 11.4 Å². The fourth-order valence-corrected chi connectivity index (χ4v) is 4.52. The molecule has 1 aliphatic rings. The quantitative estimate of drug-likeness (QED) is 0.376. The van der Waals surface area contributed by atoms with Crippen LogP contribution in [-0.4, -0.2) is 37.0 Å². The van der Waals surface area contributed by atoms with Gasteiger partial charge in [0.15, 0.2) is 0 Å². The van der Waals surface area contributed by atoms with Crippen LogP contribution in [0.2, 0.25) is 10.0 Å². The van der Waals surface area contributed by atoms with Crippen LogP contribution in [-0.2, 0) is 6.54 Å². The summed E-state index contributed by atoms with van der Waals surface area (Å²) >= 11 is 15.1. The van der Waals surface area contributed by atoms with Crippen LogP contribution in [0.15, 0.2) is 66.7 Å².